The van der Waals surface area contributed by atoms with Crippen LogP contribution < -0.4 is 10.2 Å². The molecule has 0 aliphatic heterocycles. The van der Waals surface area contributed by atoms with Crippen molar-refractivity contribution in [1.29, 1.82) is 0 Å². The Kier molecular flexibility index (Phi) is 4.40. The average molecular weight is 176 g/mol. The van der Waals surface area contributed by atoms with Gasteiger partial charge in [-0.1, -0.05) is 17.6 Å². The van der Waals surface area contributed by atoms with Gasteiger partial charge in [-0.2, -0.15) is 0 Å². The van der Waals surface area contributed by atoms with Crippen molar-refractivity contribution in [3.63, 3.8) is 0 Å². The van der Waals surface area contributed by atoms with E-state index in [0.29, 0.717) is 6.61 Å². The first-order chi connectivity index (χ1) is 6.33. The van der Waals surface area contributed by atoms with Gasteiger partial charge in [-0.3, -0.25) is 0 Å². The Bertz CT molecular complexity index is 250. The SMILES string of the molecule is [B]c1cccc(OCCCOC)c1. The van der Waals surface area contributed by atoms with Crippen molar-refractivity contribution in [3.8, 4) is 5.75 Å². The maximum absolute atomic E-state index is 5.58. The summed E-state index contributed by atoms with van der Waals surface area (Å²) in [5, 5.41) is 0. The summed E-state index contributed by atoms with van der Waals surface area (Å²) in [5.41, 5.74) is 0.726. The van der Waals surface area contributed by atoms with E-state index in [2.05, 4.69) is 0 Å². The molecule has 0 aliphatic carbocycles. The van der Waals surface area contributed by atoms with E-state index in [9.17, 15) is 0 Å². The molecule has 2 nitrogen and oxygen atoms in total. The predicted octanol–water partition coefficient (Wildman–Crippen LogP) is 0.896. The van der Waals surface area contributed by atoms with Gasteiger partial charge in [0.25, 0.3) is 0 Å². The molecule has 13 heavy (non-hydrogen) atoms. The van der Waals surface area contributed by atoms with Gasteiger partial charge in [0, 0.05) is 20.1 Å². The van der Waals surface area contributed by atoms with Crippen LogP contribution in [0.25, 0.3) is 0 Å². The topological polar surface area (TPSA) is 18.5 Å². The molecule has 1 rings (SSSR count). The first-order valence-corrected chi connectivity index (χ1v) is 4.30. The molecule has 0 saturated heterocycles. The molecule has 0 fully saturated rings. The Morgan fingerprint density at radius 2 is 2.15 bits per heavy atom. The van der Waals surface area contributed by atoms with Crippen molar-refractivity contribution in [2.45, 2.75) is 6.42 Å². The zero-order valence-corrected chi connectivity index (χ0v) is 7.82. The van der Waals surface area contributed by atoms with Crippen LogP contribution >= 0.6 is 0 Å². The summed E-state index contributed by atoms with van der Waals surface area (Å²) < 4.78 is 10.3. The average Bonchev–Trinajstić information content (AvgIpc) is 2.13. The highest BCUT2D eigenvalue weighted by molar-refractivity contribution is 6.32. The lowest BCUT2D eigenvalue weighted by molar-refractivity contribution is 0.172. The van der Waals surface area contributed by atoms with Gasteiger partial charge in [0.15, 0.2) is 0 Å². The minimum absolute atomic E-state index is 0.664. The minimum atomic E-state index is 0.664. The van der Waals surface area contributed by atoms with E-state index in [-0.39, 0.29) is 0 Å². The van der Waals surface area contributed by atoms with Gasteiger partial charge in [-0.15, -0.1) is 0 Å². The lowest BCUT2D eigenvalue weighted by atomic mass is 9.96. The molecular formula is C10H13BO2. The Hall–Kier alpha value is -0.955. The molecular weight excluding hydrogens is 163 g/mol. The van der Waals surface area contributed by atoms with Gasteiger partial charge in [0.2, 0.25) is 0 Å². The highest BCUT2D eigenvalue weighted by Gasteiger charge is 1.92. The van der Waals surface area contributed by atoms with Gasteiger partial charge in [0.05, 0.1) is 6.61 Å². The second kappa shape index (κ2) is 5.65. The van der Waals surface area contributed by atoms with Gasteiger partial charge >= 0.3 is 0 Å². The molecule has 1 aromatic carbocycles. The molecule has 0 saturated carbocycles. The van der Waals surface area contributed by atoms with Crippen LogP contribution in [0.4, 0.5) is 0 Å². The van der Waals surface area contributed by atoms with Crippen LogP contribution in [0.15, 0.2) is 24.3 Å². The fourth-order valence-corrected chi connectivity index (χ4v) is 0.998. The molecule has 68 valence electrons. The summed E-state index contributed by atoms with van der Waals surface area (Å²) in [6, 6.07) is 7.42. The van der Waals surface area contributed by atoms with E-state index >= 15 is 0 Å². The van der Waals surface area contributed by atoms with Crippen LogP contribution in [0.2, 0.25) is 0 Å². The van der Waals surface area contributed by atoms with Crippen molar-refractivity contribution in [2.24, 2.45) is 0 Å². The van der Waals surface area contributed by atoms with Gasteiger partial charge < -0.3 is 9.47 Å². The highest BCUT2D eigenvalue weighted by Crippen LogP contribution is 2.06. The van der Waals surface area contributed by atoms with Gasteiger partial charge in [-0.25, -0.2) is 0 Å². The third-order valence-corrected chi connectivity index (χ3v) is 1.62. The standard InChI is InChI=1S/C10H13BO2/c1-12-6-3-7-13-10-5-2-4-9(11)8-10/h2,4-5,8H,3,6-7H2,1H3. The van der Waals surface area contributed by atoms with E-state index in [1.165, 1.54) is 0 Å². The van der Waals surface area contributed by atoms with Crippen molar-refractivity contribution in [1.82, 2.24) is 0 Å². The first kappa shape index (κ1) is 10.1. The second-order valence-electron chi connectivity index (χ2n) is 2.77. The Morgan fingerprint density at radius 1 is 1.31 bits per heavy atom. The summed E-state index contributed by atoms with van der Waals surface area (Å²) in [5.74, 6) is 0.816. The van der Waals surface area contributed by atoms with E-state index < -0.39 is 0 Å². The maximum atomic E-state index is 5.58. The molecule has 1 aromatic rings. The van der Waals surface area contributed by atoms with Gasteiger partial charge in [0.1, 0.15) is 13.6 Å². The summed E-state index contributed by atoms with van der Waals surface area (Å²) in [6.07, 6.45) is 0.894. The molecule has 0 spiro atoms. The summed E-state index contributed by atoms with van der Waals surface area (Å²) in [7, 11) is 7.27. The van der Waals surface area contributed by atoms with Crippen molar-refractivity contribution in [2.75, 3.05) is 20.3 Å². The lowest BCUT2D eigenvalue weighted by Crippen LogP contribution is -2.05. The van der Waals surface area contributed by atoms with Crippen LogP contribution in [0.1, 0.15) is 6.42 Å². The Balaban J connectivity index is 2.28. The molecule has 3 heteroatoms. The molecule has 0 aliphatic rings. The zero-order valence-electron chi connectivity index (χ0n) is 7.82. The van der Waals surface area contributed by atoms with Crippen molar-refractivity contribution < 1.29 is 9.47 Å². The van der Waals surface area contributed by atoms with E-state index in [4.69, 9.17) is 17.3 Å². The third kappa shape index (κ3) is 3.99. The number of hydrogen-bond donors (Lipinski definition) is 0. The number of ether oxygens (including phenoxy) is 2. The fraction of sp³-hybridized carbons (Fsp3) is 0.400. The third-order valence-electron chi connectivity index (χ3n) is 1.62. The monoisotopic (exact) mass is 176 g/mol. The van der Waals surface area contributed by atoms with Crippen LogP contribution in [0, 0.1) is 0 Å². The molecule has 2 radical (unpaired) electrons. The summed E-state index contributed by atoms with van der Waals surface area (Å²) >= 11 is 0. The molecule has 0 unspecified atom stereocenters. The van der Waals surface area contributed by atoms with Crippen LogP contribution in [0.5, 0.6) is 5.75 Å². The molecule has 0 atom stereocenters. The Labute approximate surface area is 80.3 Å². The molecule has 0 aromatic heterocycles. The first-order valence-electron chi connectivity index (χ1n) is 4.30. The second-order valence-corrected chi connectivity index (χ2v) is 2.77. The number of rotatable bonds is 5. The number of methoxy groups -OCH3 is 1. The van der Waals surface area contributed by atoms with E-state index in [1.807, 2.05) is 24.3 Å². The quantitative estimate of drug-likeness (QED) is 0.490. The maximum Gasteiger partial charge on any atom is 0.118 e. The fourth-order valence-electron chi connectivity index (χ4n) is 0.998. The summed E-state index contributed by atoms with van der Waals surface area (Å²) in [4.78, 5) is 0. The normalized spacial score (nSPS) is 9.92. The van der Waals surface area contributed by atoms with Crippen molar-refractivity contribution >= 4 is 13.3 Å². The molecule has 0 amide bonds. The van der Waals surface area contributed by atoms with Gasteiger partial charge in [-0.05, 0) is 12.1 Å². The number of hydrogen-bond acceptors (Lipinski definition) is 2. The minimum Gasteiger partial charge on any atom is -0.494 e. The lowest BCUT2D eigenvalue weighted by Gasteiger charge is -2.05. The summed E-state index contributed by atoms with van der Waals surface area (Å²) in [6.45, 7) is 1.39. The smallest absolute Gasteiger partial charge is 0.118 e. The van der Waals surface area contributed by atoms with E-state index in [1.54, 1.807) is 7.11 Å². The molecule has 0 bridgehead atoms. The predicted molar refractivity (Wildman–Crippen MR) is 53.8 cm³/mol. The van der Waals surface area contributed by atoms with Crippen LogP contribution in [-0.2, 0) is 4.74 Å². The number of benzene rings is 1. The highest BCUT2D eigenvalue weighted by atomic mass is 16.5. The van der Waals surface area contributed by atoms with Crippen LogP contribution in [0.3, 0.4) is 0 Å². The Morgan fingerprint density at radius 3 is 2.85 bits per heavy atom. The van der Waals surface area contributed by atoms with E-state index in [0.717, 1.165) is 24.2 Å². The van der Waals surface area contributed by atoms with Crippen LogP contribution in [-0.4, -0.2) is 28.2 Å². The largest absolute Gasteiger partial charge is 0.494 e. The molecule has 0 N–H and O–H groups in total. The zero-order chi connectivity index (χ0) is 9.52. The van der Waals surface area contributed by atoms with Crippen molar-refractivity contribution in [3.05, 3.63) is 24.3 Å². The molecule has 0 heterocycles.